The molecule has 0 radical (unpaired) electrons. The minimum Gasteiger partial charge on any atom is -0.497 e. The molecule has 0 bridgehead atoms. The van der Waals surface area contributed by atoms with Crippen molar-refractivity contribution in [2.75, 3.05) is 26.7 Å². The normalized spacial score (nSPS) is 15.9. The molecule has 1 atom stereocenters. The fourth-order valence-corrected chi connectivity index (χ4v) is 5.38. The Hall–Kier alpha value is -3.35. The molecule has 2 aromatic carbocycles. The summed E-state index contributed by atoms with van der Waals surface area (Å²) in [5, 5.41) is 10.3. The molecule has 10 heteroatoms. The summed E-state index contributed by atoms with van der Waals surface area (Å²) >= 11 is 6.35. The minimum atomic E-state index is -1.44. The van der Waals surface area contributed by atoms with Gasteiger partial charge in [-0.05, 0) is 62.4 Å². The third-order valence-electron chi connectivity index (χ3n) is 7.28. The van der Waals surface area contributed by atoms with Crippen LogP contribution >= 0.6 is 11.6 Å². The lowest BCUT2D eigenvalue weighted by Crippen LogP contribution is -2.41. The zero-order chi connectivity index (χ0) is 28.2. The number of halogens is 5. The van der Waals surface area contributed by atoms with Gasteiger partial charge in [0.15, 0.2) is 0 Å². The summed E-state index contributed by atoms with van der Waals surface area (Å²) < 4.78 is 61.7. The van der Waals surface area contributed by atoms with Crippen molar-refractivity contribution >= 4 is 28.5 Å². The van der Waals surface area contributed by atoms with Crippen molar-refractivity contribution in [3.8, 4) is 17.6 Å². The number of hydrogen-bond donors (Lipinski definition) is 1. The SMILES string of the molecule is COc1ccc2ncc(Cl)c(C(F)CCC3(CC(=O)O)CCN(CC#Cc4c(F)cc(F)cc4F)CC3)c2c1. The van der Waals surface area contributed by atoms with Crippen LogP contribution in [0, 0.1) is 34.7 Å². The maximum Gasteiger partial charge on any atom is 0.303 e. The summed E-state index contributed by atoms with van der Waals surface area (Å²) in [6.07, 6.45) is 1.25. The Kier molecular flexibility index (Phi) is 8.98. The van der Waals surface area contributed by atoms with Crippen molar-refractivity contribution < 1.29 is 32.2 Å². The smallest absolute Gasteiger partial charge is 0.303 e. The second kappa shape index (κ2) is 12.2. The molecule has 4 rings (SSSR count). The Labute approximate surface area is 228 Å². The Morgan fingerprint density at radius 3 is 2.54 bits per heavy atom. The van der Waals surface area contributed by atoms with Gasteiger partial charge in [-0.1, -0.05) is 23.4 Å². The molecular weight excluding hydrogens is 536 g/mol. The number of nitrogens with zero attached hydrogens (tertiary/aromatic N) is 2. The minimum absolute atomic E-state index is 0.0756. The molecular formula is C29H27ClF4N2O3. The van der Waals surface area contributed by atoms with Gasteiger partial charge in [0.25, 0.3) is 0 Å². The van der Waals surface area contributed by atoms with Gasteiger partial charge in [0.2, 0.25) is 0 Å². The van der Waals surface area contributed by atoms with E-state index in [1.165, 1.54) is 13.3 Å². The number of carboxylic acid groups (broad SMARTS) is 1. The molecule has 1 aliphatic rings. The number of fused-ring (bicyclic) bond motifs is 1. The second-order valence-electron chi connectivity index (χ2n) is 9.80. The van der Waals surface area contributed by atoms with Crippen LogP contribution in [0.3, 0.4) is 0 Å². The molecule has 2 heterocycles. The quantitative estimate of drug-likeness (QED) is 0.244. The van der Waals surface area contributed by atoms with E-state index in [9.17, 15) is 23.1 Å². The average Bonchev–Trinajstić information content (AvgIpc) is 2.89. The Morgan fingerprint density at radius 1 is 1.21 bits per heavy atom. The van der Waals surface area contributed by atoms with Crippen molar-refractivity contribution in [3.63, 3.8) is 0 Å². The van der Waals surface area contributed by atoms with E-state index in [0.717, 1.165) is 0 Å². The number of alkyl halides is 1. The van der Waals surface area contributed by atoms with Crippen molar-refractivity contribution in [2.45, 2.75) is 38.3 Å². The number of aromatic nitrogens is 1. The highest BCUT2D eigenvalue weighted by molar-refractivity contribution is 6.32. The van der Waals surface area contributed by atoms with Gasteiger partial charge in [-0.25, -0.2) is 17.6 Å². The van der Waals surface area contributed by atoms with E-state index < -0.39 is 40.6 Å². The molecule has 1 aromatic heterocycles. The van der Waals surface area contributed by atoms with E-state index in [2.05, 4.69) is 16.8 Å². The van der Waals surface area contributed by atoms with Crippen LogP contribution < -0.4 is 4.74 Å². The van der Waals surface area contributed by atoms with Gasteiger partial charge in [0, 0.05) is 29.3 Å². The van der Waals surface area contributed by atoms with E-state index in [4.69, 9.17) is 16.3 Å². The third-order valence-corrected chi connectivity index (χ3v) is 7.58. The van der Waals surface area contributed by atoms with Gasteiger partial charge in [-0.15, -0.1) is 0 Å². The highest BCUT2D eigenvalue weighted by Gasteiger charge is 2.37. The van der Waals surface area contributed by atoms with Crippen molar-refractivity contribution in [3.05, 3.63) is 70.1 Å². The largest absolute Gasteiger partial charge is 0.497 e. The zero-order valence-electron chi connectivity index (χ0n) is 21.2. The predicted octanol–water partition coefficient (Wildman–Crippen LogP) is 6.71. The molecule has 1 aliphatic heterocycles. The van der Waals surface area contributed by atoms with Crippen LogP contribution in [0.25, 0.3) is 10.9 Å². The number of carboxylic acids is 1. The third kappa shape index (κ3) is 6.81. The molecule has 3 aromatic rings. The van der Waals surface area contributed by atoms with E-state index in [-0.39, 0.29) is 24.4 Å². The molecule has 0 aliphatic carbocycles. The van der Waals surface area contributed by atoms with E-state index in [1.807, 2.05) is 4.90 Å². The van der Waals surface area contributed by atoms with E-state index in [1.54, 1.807) is 18.2 Å². The van der Waals surface area contributed by atoms with Gasteiger partial charge >= 0.3 is 5.97 Å². The maximum atomic E-state index is 15.7. The zero-order valence-corrected chi connectivity index (χ0v) is 22.0. The van der Waals surface area contributed by atoms with Crippen LogP contribution in [0.1, 0.15) is 49.4 Å². The van der Waals surface area contributed by atoms with Gasteiger partial charge in [-0.3, -0.25) is 14.7 Å². The lowest BCUT2D eigenvalue weighted by molar-refractivity contribution is -0.141. The van der Waals surface area contributed by atoms with Crippen LogP contribution in [0.5, 0.6) is 5.75 Å². The Morgan fingerprint density at radius 2 is 1.90 bits per heavy atom. The highest BCUT2D eigenvalue weighted by Crippen LogP contribution is 2.44. The summed E-state index contributed by atoms with van der Waals surface area (Å²) in [5.41, 5.74) is -0.239. The highest BCUT2D eigenvalue weighted by atomic mass is 35.5. The van der Waals surface area contributed by atoms with Crippen LogP contribution in [0.2, 0.25) is 5.02 Å². The lowest BCUT2D eigenvalue weighted by atomic mass is 9.71. The second-order valence-corrected chi connectivity index (χ2v) is 10.2. The first-order valence-corrected chi connectivity index (χ1v) is 12.8. The Balaban J connectivity index is 1.44. The molecule has 1 unspecified atom stereocenters. The van der Waals surface area contributed by atoms with E-state index >= 15 is 4.39 Å². The lowest BCUT2D eigenvalue weighted by Gasteiger charge is -2.41. The molecule has 0 spiro atoms. The van der Waals surface area contributed by atoms with Gasteiger partial charge in [0.1, 0.15) is 29.4 Å². The van der Waals surface area contributed by atoms with Gasteiger partial charge in [-0.2, -0.15) is 0 Å². The summed E-state index contributed by atoms with van der Waals surface area (Å²) in [4.78, 5) is 17.9. The Bertz CT molecular complexity index is 1410. The standard InChI is InChI=1S/C29H27ClF4N2O3/c1-39-19-4-5-26-21(15-19)28(22(30)17-35-26)23(32)6-7-29(16-27(37)38)8-11-36(12-9-29)10-2-3-20-24(33)13-18(31)14-25(20)34/h4-5,13-15,17,23H,6-12,16H2,1H3,(H,37,38). The maximum absolute atomic E-state index is 15.7. The van der Waals surface area contributed by atoms with Crippen LogP contribution in [0.4, 0.5) is 17.6 Å². The molecule has 0 amide bonds. The summed E-state index contributed by atoms with van der Waals surface area (Å²) in [7, 11) is 1.51. The molecule has 206 valence electrons. The number of rotatable bonds is 8. The van der Waals surface area contributed by atoms with Crippen LogP contribution in [-0.2, 0) is 4.79 Å². The van der Waals surface area contributed by atoms with Crippen molar-refractivity contribution in [2.24, 2.45) is 5.41 Å². The molecule has 0 saturated carbocycles. The molecule has 1 N–H and O–H groups in total. The number of aliphatic carboxylic acids is 1. The number of ether oxygens (including phenoxy) is 1. The summed E-state index contributed by atoms with van der Waals surface area (Å²) in [6.45, 7) is 1.18. The monoisotopic (exact) mass is 562 g/mol. The number of pyridine rings is 1. The van der Waals surface area contributed by atoms with E-state index in [0.29, 0.717) is 66.7 Å². The molecule has 1 saturated heterocycles. The number of piperidine rings is 1. The van der Waals surface area contributed by atoms with Crippen molar-refractivity contribution in [1.82, 2.24) is 9.88 Å². The molecule has 39 heavy (non-hydrogen) atoms. The van der Waals surface area contributed by atoms with Crippen LogP contribution in [-0.4, -0.2) is 47.7 Å². The number of benzene rings is 2. The number of hydrogen-bond acceptors (Lipinski definition) is 4. The van der Waals surface area contributed by atoms with Gasteiger partial charge in [0.05, 0.1) is 36.2 Å². The first-order chi connectivity index (χ1) is 18.6. The van der Waals surface area contributed by atoms with Crippen molar-refractivity contribution in [1.29, 1.82) is 0 Å². The fourth-order valence-electron chi connectivity index (χ4n) is 5.11. The van der Waals surface area contributed by atoms with Gasteiger partial charge < -0.3 is 9.84 Å². The van der Waals surface area contributed by atoms with Crippen LogP contribution in [0.15, 0.2) is 36.5 Å². The summed E-state index contributed by atoms with van der Waals surface area (Å²) in [5.74, 6) is 1.56. The number of methoxy groups -OCH3 is 1. The molecule has 1 fully saturated rings. The number of likely N-dealkylation sites (tertiary alicyclic amines) is 1. The predicted molar refractivity (Wildman–Crippen MR) is 140 cm³/mol. The molecule has 5 nitrogen and oxygen atoms in total. The first kappa shape index (κ1) is 28.7. The first-order valence-electron chi connectivity index (χ1n) is 12.4. The number of carbonyl (C=O) groups is 1. The fraction of sp³-hybridized carbons (Fsp3) is 0.379. The summed E-state index contributed by atoms with van der Waals surface area (Å²) in [6, 6.07) is 6.29. The average molecular weight is 563 g/mol. The topological polar surface area (TPSA) is 62.7 Å².